The summed E-state index contributed by atoms with van der Waals surface area (Å²) in [5.74, 6) is 0.963. The van der Waals surface area contributed by atoms with Crippen molar-refractivity contribution in [3.63, 3.8) is 0 Å². The molecule has 94 valence electrons. The maximum Gasteiger partial charge on any atom is 0.0564 e. The van der Waals surface area contributed by atoms with E-state index >= 15 is 0 Å². The topological polar surface area (TPSA) is 35.5 Å². The van der Waals surface area contributed by atoms with Gasteiger partial charge in [-0.3, -0.25) is 0 Å². The molecule has 2 N–H and O–H groups in total. The number of likely N-dealkylation sites (tertiary alicyclic amines) is 1. The van der Waals surface area contributed by atoms with Crippen molar-refractivity contribution in [3.8, 4) is 0 Å². The van der Waals surface area contributed by atoms with Gasteiger partial charge in [0.1, 0.15) is 0 Å². The minimum Gasteiger partial charge on any atom is -0.393 e. The number of hydrogen-bond donors (Lipinski definition) is 2. The molecule has 1 saturated heterocycles. The van der Waals surface area contributed by atoms with Crippen LogP contribution >= 0.6 is 0 Å². The quantitative estimate of drug-likeness (QED) is 0.669. The minimum atomic E-state index is -0.0377. The van der Waals surface area contributed by atoms with Crippen LogP contribution in [0.4, 0.5) is 0 Å². The van der Waals surface area contributed by atoms with Gasteiger partial charge in [-0.1, -0.05) is 0 Å². The molecule has 1 saturated carbocycles. The molecule has 0 amide bonds. The molecule has 0 radical (unpaired) electrons. The summed E-state index contributed by atoms with van der Waals surface area (Å²) in [7, 11) is 0. The Morgan fingerprint density at radius 3 is 2.56 bits per heavy atom. The standard InChI is InChI=1S/C13H26N2O/c1-11(12-3-4-12)14-7-2-8-15-9-5-13(16)6-10-15/h11-14,16H,2-10H2,1H3. The molecule has 2 fully saturated rings. The van der Waals surface area contributed by atoms with E-state index in [0.29, 0.717) is 0 Å². The van der Waals surface area contributed by atoms with E-state index < -0.39 is 0 Å². The van der Waals surface area contributed by atoms with Gasteiger partial charge in [0, 0.05) is 19.1 Å². The fourth-order valence-electron chi connectivity index (χ4n) is 2.54. The lowest BCUT2D eigenvalue weighted by atomic mass is 10.1. The van der Waals surface area contributed by atoms with Gasteiger partial charge in [-0.05, 0) is 58.0 Å². The van der Waals surface area contributed by atoms with E-state index in [1.807, 2.05) is 0 Å². The van der Waals surface area contributed by atoms with Crippen LogP contribution in [0.2, 0.25) is 0 Å². The molecule has 0 bridgehead atoms. The maximum absolute atomic E-state index is 9.40. The lowest BCUT2D eigenvalue weighted by Crippen LogP contribution is -2.38. The lowest BCUT2D eigenvalue weighted by molar-refractivity contribution is 0.0820. The van der Waals surface area contributed by atoms with Crippen LogP contribution in [0, 0.1) is 5.92 Å². The molecule has 0 aromatic heterocycles. The molecule has 1 atom stereocenters. The molecule has 2 rings (SSSR count). The largest absolute Gasteiger partial charge is 0.393 e. The predicted octanol–water partition coefficient (Wildman–Crippen LogP) is 1.22. The number of aliphatic hydroxyl groups excluding tert-OH is 1. The van der Waals surface area contributed by atoms with Gasteiger partial charge in [0.15, 0.2) is 0 Å². The molecule has 0 spiro atoms. The molecule has 0 aromatic rings. The van der Waals surface area contributed by atoms with Gasteiger partial charge < -0.3 is 15.3 Å². The van der Waals surface area contributed by atoms with Crippen molar-refractivity contribution in [1.82, 2.24) is 10.2 Å². The van der Waals surface area contributed by atoms with Gasteiger partial charge in [0.25, 0.3) is 0 Å². The summed E-state index contributed by atoms with van der Waals surface area (Å²) in [4.78, 5) is 2.48. The average molecular weight is 226 g/mol. The Kier molecular flexibility index (Phi) is 4.62. The normalized spacial score (nSPS) is 25.9. The van der Waals surface area contributed by atoms with E-state index in [1.165, 1.54) is 25.8 Å². The highest BCUT2D eigenvalue weighted by Gasteiger charge is 2.27. The summed E-state index contributed by atoms with van der Waals surface area (Å²) in [6, 6.07) is 0.725. The van der Waals surface area contributed by atoms with Crippen molar-refractivity contribution in [2.75, 3.05) is 26.2 Å². The van der Waals surface area contributed by atoms with Crippen molar-refractivity contribution < 1.29 is 5.11 Å². The van der Waals surface area contributed by atoms with Crippen LogP contribution in [0.25, 0.3) is 0 Å². The van der Waals surface area contributed by atoms with E-state index in [0.717, 1.165) is 44.4 Å². The Labute approximate surface area is 99.2 Å². The molecule has 3 nitrogen and oxygen atoms in total. The SMILES string of the molecule is CC(NCCCN1CCC(O)CC1)C1CC1. The first-order valence-corrected chi connectivity index (χ1v) is 6.89. The van der Waals surface area contributed by atoms with Crippen LogP contribution in [0.3, 0.4) is 0 Å². The number of rotatable bonds is 6. The van der Waals surface area contributed by atoms with Crippen LogP contribution < -0.4 is 5.32 Å². The first-order valence-electron chi connectivity index (χ1n) is 6.89. The third-order valence-corrected chi connectivity index (χ3v) is 4.00. The second kappa shape index (κ2) is 5.99. The number of aliphatic hydroxyl groups is 1. The minimum absolute atomic E-state index is 0.0377. The molecule has 2 aliphatic rings. The Bertz CT molecular complexity index is 198. The molecule has 1 unspecified atom stereocenters. The zero-order valence-corrected chi connectivity index (χ0v) is 10.5. The molecule has 0 aromatic carbocycles. The van der Waals surface area contributed by atoms with Crippen molar-refractivity contribution in [2.45, 2.75) is 51.2 Å². The van der Waals surface area contributed by atoms with E-state index in [1.54, 1.807) is 0 Å². The van der Waals surface area contributed by atoms with E-state index in [9.17, 15) is 5.11 Å². The van der Waals surface area contributed by atoms with Gasteiger partial charge in [-0.25, -0.2) is 0 Å². The van der Waals surface area contributed by atoms with Gasteiger partial charge in [-0.15, -0.1) is 0 Å². The highest BCUT2D eigenvalue weighted by atomic mass is 16.3. The van der Waals surface area contributed by atoms with Crippen molar-refractivity contribution in [3.05, 3.63) is 0 Å². The van der Waals surface area contributed by atoms with Crippen molar-refractivity contribution in [2.24, 2.45) is 5.92 Å². The summed E-state index contributed by atoms with van der Waals surface area (Å²) in [5.41, 5.74) is 0. The third-order valence-electron chi connectivity index (χ3n) is 4.00. The number of piperidine rings is 1. The van der Waals surface area contributed by atoms with Crippen molar-refractivity contribution in [1.29, 1.82) is 0 Å². The zero-order chi connectivity index (χ0) is 11.4. The number of nitrogens with one attached hydrogen (secondary N) is 1. The van der Waals surface area contributed by atoms with Crippen LogP contribution in [0.5, 0.6) is 0 Å². The van der Waals surface area contributed by atoms with Crippen LogP contribution in [0.1, 0.15) is 39.0 Å². The Morgan fingerprint density at radius 2 is 1.94 bits per heavy atom. The predicted molar refractivity (Wildman–Crippen MR) is 66.5 cm³/mol. The second-order valence-electron chi connectivity index (χ2n) is 5.51. The summed E-state index contributed by atoms with van der Waals surface area (Å²) < 4.78 is 0. The fraction of sp³-hybridized carbons (Fsp3) is 1.00. The fourth-order valence-corrected chi connectivity index (χ4v) is 2.54. The first kappa shape index (κ1) is 12.3. The summed E-state index contributed by atoms with van der Waals surface area (Å²) in [5, 5.41) is 13.0. The molecule has 1 heterocycles. The smallest absolute Gasteiger partial charge is 0.0564 e. The highest BCUT2D eigenvalue weighted by molar-refractivity contribution is 4.83. The van der Waals surface area contributed by atoms with Gasteiger partial charge in [-0.2, -0.15) is 0 Å². The number of hydrogen-bond acceptors (Lipinski definition) is 3. The molecular weight excluding hydrogens is 200 g/mol. The summed E-state index contributed by atoms with van der Waals surface area (Å²) in [6.07, 6.45) is 5.99. The highest BCUT2D eigenvalue weighted by Crippen LogP contribution is 2.32. The summed E-state index contributed by atoms with van der Waals surface area (Å²) in [6.45, 7) is 6.82. The van der Waals surface area contributed by atoms with Crippen LogP contribution in [-0.4, -0.2) is 48.3 Å². The first-order chi connectivity index (χ1) is 7.75. The molecule has 3 heteroatoms. The van der Waals surface area contributed by atoms with E-state index in [-0.39, 0.29) is 6.10 Å². The van der Waals surface area contributed by atoms with E-state index in [2.05, 4.69) is 17.1 Å². The zero-order valence-electron chi connectivity index (χ0n) is 10.5. The van der Waals surface area contributed by atoms with Gasteiger partial charge in [0.05, 0.1) is 6.10 Å². The molecule has 1 aliphatic heterocycles. The third kappa shape index (κ3) is 4.04. The number of nitrogens with zero attached hydrogens (tertiary/aromatic N) is 1. The summed E-state index contributed by atoms with van der Waals surface area (Å²) >= 11 is 0. The Hall–Kier alpha value is -0.120. The van der Waals surface area contributed by atoms with Gasteiger partial charge in [0.2, 0.25) is 0 Å². The Balaban J connectivity index is 1.47. The lowest BCUT2D eigenvalue weighted by Gasteiger charge is -2.29. The molecule has 1 aliphatic carbocycles. The molecular formula is C13H26N2O. The second-order valence-corrected chi connectivity index (χ2v) is 5.51. The maximum atomic E-state index is 9.40. The Morgan fingerprint density at radius 1 is 1.25 bits per heavy atom. The monoisotopic (exact) mass is 226 g/mol. The van der Waals surface area contributed by atoms with E-state index in [4.69, 9.17) is 0 Å². The van der Waals surface area contributed by atoms with Gasteiger partial charge >= 0.3 is 0 Å². The average Bonchev–Trinajstić information content (AvgIpc) is 3.10. The van der Waals surface area contributed by atoms with Crippen molar-refractivity contribution >= 4 is 0 Å². The molecule has 16 heavy (non-hydrogen) atoms. The van der Waals surface area contributed by atoms with Crippen LogP contribution in [0.15, 0.2) is 0 Å². The van der Waals surface area contributed by atoms with Crippen LogP contribution in [-0.2, 0) is 0 Å².